The van der Waals surface area contributed by atoms with Crippen LogP contribution in [0, 0.1) is 6.92 Å². The molecule has 4 rings (SSSR count). The molecule has 0 fully saturated rings. The SMILES string of the molecule is Cc1cc(N(CC(=O)NC(C)c2ccc3c(c2)OCO3)C(C)C)nc(-n2ccnc2)n1. The lowest BCUT2D eigenvalue weighted by Crippen LogP contribution is -2.42. The second kappa shape index (κ2) is 8.63. The maximum absolute atomic E-state index is 12.9. The van der Waals surface area contributed by atoms with Gasteiger partial charge in [0.25, 0.3) is 0 Å². The van der Waals surface area contributed by atoms with E-state index >= 15 is 0 Å². The Bertz CT molecular complexity index is 1070. The monoisotopic (exact) mass is 422 g/mol. The first-order valence-corrected chi connectivity index (χ1v) is 10.2. The van der Waals surface area contributed by atoms with Crippen molar-refractivity contribution >= 4 is 11.7 Å². The Kier molecular flexibility index (Phi) is 5.75. The Hall–Kier alpha value is -3.62. The molecule has 31 heavy (non-hydrogen) atoms. The van der Waals surface area contributed by atoms with E-state index in [-0.39, 0.29) is 31.3 Å². The minimum atomic E-state index is -0.176. The molecule has 162 valence electrons. The summed E-state index contributed by atoms with van der Waals surface area (Å²) in [4.78, 5) is 28.0. The second-order valence-corrected chi connectivity index (χ2v) is 7.76. The average Bonchev–Trinajstić information content (AvgIpc) is 3.42. The zero-order valence-corrected chi connectivity index (χ0v) is 18.1. The van der Waals surface area contributed by atoms with Gasteiger partial charge in [-0.15, -0.1) is 0 Å². The molecule has 1 N–H and O–H groups in total. The Balaban J connectivity index is 1.49. The number of rotatable bonds is 7. The summed E-state index contributed by atoms with van der Waals surface area (Å²) in [6.45, 7) is 8.31. The molecule has 1 atom stereocenters. The standard InChI is InChI=1S/C22H26N6O3/c1-14(2)28(20-9-15(3)24-22(26-20)27-8-7-23-12-27)11-21(29)25-16(4)17-5-6-18-19(10-17)31-13-30-18/h5-10,12,14,16H,11,13H2,1-4H3,(H,25,29). The first kappa shape index (κ1) is 20.6. The van der Waals surface area contributed by atoms with Crippen molar-refractivity contribution in [1.82, 2.24) is 24.8 Å². The topological polar surface area (TPSA) is 94.4 Å². The number of hydrogen-bond acceptors (Lipinski definition) is 7. The highest BCUT2D eigenvalue weighted by molar-refractivity contribution is 5.81. The molecule has 9 heteroatoms. The van der Waals surface area contributed by atoms with Gasteiger partial charge in [0, 0.05) is 30.2 Å². The van der Waals surface area contributed by atoms with Crippen molar-refractivity contribution in [3.8, 4) is 17.4 Å². The summed E-state index contributed by atoms with van der Waals surface area (Å²) >= 11 is 0. The fourth-order valence-electron chi connectivity index (χ4n) is 3.41. The second-order valence-electron chi connectivity index (χ2n) is 7.76. The van der Waals surface area contributed by atoms with Gasteiger partial charge in [0.2, 0.25) is 18.6 Å². The van der Waals surface area contributed by atoms with Crippen LogP contribution < -0.4 is 19.7 Å². The molecule has 0 saturated carbocycles. The molecule has 3 aromatic rings. The predicted molar refractivity (Wildman–Crippen MR) is 115 cm³/mol. The summed E-state index contributed by atoms with van der Waals surface area (Å²) in [6, 6.07) is 7.47. The highest BCUT2D eigenvalue weighted by atomic mass is 16.7. The van der Waals surface area contributed by atoms with Crippen LogP contribution in [0.1, 0.15) is 38.1 Å². The molecule has 1 aromatic carbocycles. The van der Waals surface area contributed by atoms with Crippen molar-refractivity contribution in [3.05, 3.63) is 54.2 Å². The normalized spacial score (nSPS) is 13.3. The molecular weight excluding hydrogens is 396 g/mol. The van der Waals surface area contributed by atoms with Crippen molar-refractivity contribution in [2.24, 2.45) is 0 Å². The first-order chi connectivity index (χ1) is 14.9. The number of carbonyl (C=O) groups is 1. The molecule has 0 saturated heterocycles. The van der Waals surface area contributed by atoms with Crippen LogP contribution in [0.3, 0.4) is 0 Å². The maximum Gasteiger partial charge on any atom is 0.240 e. The Morgan fingerprint density at radius 2 is 2.00 bits per heavy atom. The molecule has 0 radical (unpaired) electrons. The molecule has 1 unspecified atom stereocenters. The summed E-state index contributed by atoms with van der Waals surface area (Å²) in [6.07, 6.45) is 5.12. The van der Waals surface area contributed by atoms with E-state index in [9.17, 15) is 4.79 Å². The van der Waals surface area contributed by atoms with Gasteiger partial charge in [-0.25, -0.2) is 9.97 Å². The fraction of sp³-hybridized carbons (Fsp3) is 0.364. The van der Waals surface area contributed by atoms with Crippen LogP contribution in [0.25, 0.3) is 5.95 Å². The number of fused-ring (bicyclic) bond motifs is 1. The van der Waals surface area contributed by atoms with Gasteiger partial charge in [-0.1, -0.05) is 6.07 Å². The van der Waals surface area contributed by atoms with Crippen molar-refractivity contribution in [1.29, 1.82) is 0 Å². The minimum absolute atomic E-state index is 0.0662. The van der Waals surface area contributed by atoms with Gasteiger partial charge in [-0.2, -0.15) is 4.98 Å². The zero-order chi connectivity index (χ0) is 22.0. The van der Waals surface area contributed by atoms with E-state index in [0.717, 1.165) is 17.0 Å². The van der Waals surface area contributed by atoms with Crippen molar-refractivity contribution in [3.63, 3.8) is 0 Å². The molecule has 1 amide bonds. The van der Waals surface area contributed by atoms with Crippen molar-refractivity contribution in [2.75, 3.05) is 18.2 Å². The van der Waals surface area contributed by atoms with Crippen LogP contribution in [-0.4, -0.2) is 44.8 Å². The third-order valence-electron chi connectivity index (χ3n) is 5.07. The summed E-state index contributed by atoms with van der Waals surface area (Å²) < 4.78 is 12.5. The number of anilines is 1. The predicted octanol–water partition coefficient (Wildman–Crippen LogP) is 2.79. The lowest BCUT2D eigenvalue weighted by molar-refractivity contribution is -0.120. The quantitative estimate of drug-likeness (QED) is 0.626. The largest absolute Gasteiger partial charge is 0.454 e. The highest BCUT2D eigenvalue weighted by Gasteiger charge is 2.21. The average molecular weight is 422 g/mol. The highest BCUT2D eigenvalue weighted by Crippen LogP contribution is 2.34. The van der Waals surface area contributed by atoms with E-state index < -0.39 is 0 Å². The number of aromatic nitrogens is 4. The maximum atomic E-state index is 12.9. The summed E-state index contributed by atoms with van der Waals surface area (Å²) in [5.41, 5.74) is 1.77. The van der Waals surface area contributed by atoms with Gasteiger partial charge in [-0.05, 0) is 45.4 Å². The lowest BCUT2D eigenvalue weighted by Gasteiger charge is -2.28. The van der Waals surface area contributed by atoms with Crippen LogP contribution in [0.5, 0.6) is 11.5 Å². The van der Waals surface area contributed by atoms with E-state index in [0.29, 0.717) is 17.5 Å². The molecule has 0 spiro atoms. The number of nitrogens with one attached hydrogen (secondary N) is 1. The number of aryl methyl sites for hydroxylation is 1. The van der Waals surface area contributed by atoms with Crippen LogP contribution >= 0.6 is 0 Å². The number of imidazole rings is 1. The van der Waals surface area contributed by atoms with Gasteiger partial charge in [-0.3, -0.25) is 9.36 Å². The Morgan fingerprint density at radius 1 is 1.19 bits per heavy atom. The van der Waals surface area contributed by atoms with E-state index in [1.165, 1.54) is 0 Å². The summed E-state index contributed by atoms with van der Waals surface area (Å²) in [5.74, 6) is 2.54. The van der Waals surface area contributed by atoms with Crippen LogP contribution in [0.2, 0.25) is 0 Å². The number of nitrogens with zero attached hydrogens (tertiary/aromatic N) is 5. The van der Waals surface area contributed by atoms with E-state index in [1.807, 2.05) is 56.9 Å². The first-order valence-electron chi connectivity index (χ1n) is 10.2. The third-order valence-corrected chi connectivity index (χ3v) is 5.07. The Labute approximate surface area is 181 Å². The molecule has 1 aliphatic heterocycles. The minimum Gasteiger partial charge on any atom is -0.454 e. The van der Waals surface area contributed by atoms with Gasteiger partial charge >= 0.3 is 0 Å². The fourth-order valence-corrected chi connectivity index (χ4v) is 3.41. The molecule has 3 heterocycles. The van der Waals surface area contributed by atoms with E-state index in [2.05, 4.69) is 20.3 Å². The van der Waals surface area contributed by atoms with Crippen molar-refractivity contribution < 1.29 is 14.3 Å². The van der Waals surface area contributed by atoms with Gasteiger partial charge in [0.05, 0.1) is 12.6 Å². The summed E-state index contributed by atoms with van der Waals surface area (Å²) in [5, 5.41) is 3.06. The number of carbonyl (C=O) groups excluding carboxylic acids is 1. The van der Waals surface area contributed by atoms with Crippen LogP contribution in [-0.2, 0) is 4.79 Å². The third kappa shape index (κ3) is 4.60. The molecule has 2 aromatic heterocycles. The number of amides is 1. The smallest absolute Gasteiger partial charge is 0.240 e. The van der Waals surface area contributed by atoms with Crippen LogP contribution in [0.15, 0.2) is 43.0 Å². The Morgan fingerprint density at radius 3 is 2.74 bits per heavy atom. The van der Waals surface area contributed by atoms with Crippen LogP contribution in [0.4, 0.5) is 5.82 Å². The number of hydrogen-bond donors (Lipinski definition) is 1. The number of benzene rings is 1. The molecule has 1 aliphatic rings. The molecular formula is C22H26N6O3. The summed E-state index contributed by atoms with van der Waals surface area (Å²) in [7, 11) is 0. The molecule has 0 bridgehead atoms. The molecule has 9 nitrogen and oxygen atoms in total. The van der Waals surface area contributed by atoms with E-state index in [1.54, 1.807) is 23.3 Å². The van der Waals surface area contributed by atoms with Gasteiger partial charge in [0.15, 0.2) is 11.5 Å². The van der Waals surface area contributed by atoms with Gasteiger partial charge in [0.1, 0.15) is 12.1 Å². The number of ether oxygens (including phenoxy) is 2. The van der Waals surface area contributed by atoms with Crippen molar-refractivity contribution in [2.45, 2.75) is 39.8 Å². The lowest BCUT2D eigenvalue weighted by atomic mass is 10.1. The van der Waals surface area contributed by atoms with Gasteiger partial charge < -0.3 is 19.7 Å². The zero-order valence-electron chi connectivity index (χ0n) is 18.1. The van der Waals surface area contributed by atoms with E-state index in [4.69, 9.17) is 9.47 Å². The molecule has 0 aliphatic carbocycles.